The van der Waals surface area contributed by atoms with Crippen LogP contribution >= 0.6 is 0 Å². The molecule has 0 spiro atoms. The molecule has 16 heavy (non-hydrogen) atoms. The van der Waals surface area contributed by atoms with Crippen molar-refractivity contribution < 1.29 is 9.13 Å². The second-order valence-corrected chi connectivity index (χ2v) is 3.15. The summed E-state index contributed by atoms with van der Waals surface area (Å²) in [5, 5.41) is 0. The van der Waals surface area contributed by atoms with E-state index in [-0.39, 0.29) is 12.6 Å². The summed E-state index contributed by atoms with van der Waals surface area (Å²) in [5.41, 5.74) is 11.7. The van der Waals surface area contributed by atoms with Crippen LogP contribution in [-0.4, -0.2) is 27.1 Å². The lowest BCUT2D eigenvalue weighted by molar-refractivity contribution is 0.275. The summed E-state index contributed by atoms with van der Waals surface area (Å²) in [7, 11) is 5.71. The maximum atomic E-state index is 11.9. The molecule has 0 aromatic heterocycles. The fourth-order valence-electron chi connectivity index (χ4n) is 1.16. The Bertz CT molecular complexity index is 380. The molecule has 2 radical (unpaired) electrons. The summed E-state index contributed by atoms with van der Waals surface area (Å²) in [6.45, 7) is -0.192. The number of aliphatic imine (C=N–C) groups is 1. The smallest absolute Gasteiger partial charge is 0.186 e. The minimum atomic E-state index is -0.546. The number of guanidine groups is 1. The molecule has 0 bridgehead atoms. The summed E-state index contributed by atoms with van der Waals surface area (Å²) < 4.78 is 17.0. The van der Waals surface area contributed by atoms with Crippen LogP contribution in [0.1, 0.15) is 5.56 Å². The second-order valence-electron chi connectivity index (χ2n) is 3.15. The monoisotopic (exact) mass is 221 g/mol. The average Bonchev–Trinajstić information content (AvgIpc) is 2.25. The fraction of sp³-hybridized carbons (Fsp3) is 0.300. The zero-order valence-electron chi connectivity index (χ0n) is 8.82. The van der Waals surface area contributed by atoms with E-state index in [9.17, 15) is 4.39 Å². The molecule has 0 amide bonds. The van der Waals surface area contributed by atoms with Gasteiger partial charge in [-0.1, -0.05) is 17.6 Å². The highest BCUT2D eigenvalue weighted by Crippen LogP contribution is 2.09. The molecule has 0 aliphatic heterocycles. The van der Waals surface area contributed by atoms with Gasteiger partial charge in [-0.15, -0.1) is 0 Å². The largest absolute Gasteiger partial charge is 0.491 e. The van der Waals surface area contributed by atoms with Gasteiger partial charge >= 0.3 is 0 Å². The zero-order valence-corrected chi connectivity index (χ0v) is 8.82. The van der Waals surface area contributed by atoms with Crippen molar-refractivity contribution >= 4 is 19.3 Å². The first-order valence-electron chi connectivity index (χ1n) is 4.76. The lowest BCUT2D eigenvalue weighted by atomic mass is 9.93. The molecular weight excluding hydrogens is 208 g/mol. The molecule has 0 aliphatic rings. The molecule has 0 aliphatic carbocycles. The van der Waals surface area contributed by atoms with E-state index < -0.39 is 6.67 Å². The van der Waals surface area contributed by atoms with Gasteiger partial charge in [0.25, 0.3) is 0 Å². The maximum Gasteiger partial charge on any atom is 0.186 e. The molecule has 1 aromatic carbocycles. The quantitative estimate of drug-likeness (QED) is 0.403. The van der Waals surface area contributed by atoms with Gasteiger partial charge in [-0.3, -0.25) is 0 Å². The number of hydrogen-bond acceptors (Lipinski definition) is 2. The highest BCUT2D eigenvalue weighted by atomic mass is 19.1. The van der Waals surface area contributed by atoms with Crippen LogP contribution in [0.15, 0.2) is 23.2 Å². The number of rotatable bonds is 5. The van der Waals surface area contributed by atoms with Gasteiger partial charge in [0.1, 0.15) is 26.9 Å². The van der Waals surface area contributed by atoms with Crippen molar-refractivity contribution in [3.05, 3.63) is 23.8 Å². The van der Waals surface area contributed by atoms with Gasteiger partial charge in [0.15, 0.2) is 5.96 Å². The number of ether oxygens (including phenoxy) is 1. The van der Waals surface area contributed by atoms with Crippen molar-refractivity contribution in [1.82, 2.24) is 0 Å². The van der Waals surface area contributed by atoms with Crippen molar-refractivity contribution in [1.29, 1.82) is 0 Å². The van der Waals surface area contributed by atoms with Crippen molar-refractivity contribution in [2.75, 3.05) is 13.3 Å². The Kier molecular flexibility index (Phi) is 4.63. The Labute approximate surface area is 94.9 Å². The molecule has 0 heterocycles. The summed E-state index contributed by atoms with van der Waals surface area (Å²) in [5.74, 6) is 0.488. The Morgan fingerprint density at radius 2 is 2.19 bits per heavy atom. The zero-order chi connectivity index (χ0) is 12.0. The van der Waals surface area contributed by atoms with Gasteiger partial charge in [0, 0.05) is 0 Å². The van der Waals surface area contributed by atoms with Gasteiger partial charge in [0.05, 0.1) is 6.54 Å². The van der Waals surface area contributed by atoms with Crippen molar-refractivity contribution in [3.8, 4) is 5.75 Å². The first-order chi connectivity index (χ1) is 7.63. The van der Waals surface area contributed by atoms with E-state index in [1.165, 1.54) is 0 Å². The van der Waals surface area contributed by atoms with Crippen LogP contribution in [0.2, 0.25) is 0 Å². The molecule has 1 aromatic rings. The normalized spacial score (nSPS) is 9.81. The predicted octanol–water partition coefficient (Wildman–Crippen LogP) is -0.398. The average molecular weight is 221 g/mol. The minimum Gasteiger partial charge on any atom is -0.491 e. The number of benzene rings is 1. The lowest BCUT2D eigenvalue weighted by Gasteiger charge is -2.08. The summed E-state index contributed by atoms with van der Waals surface area (Å²) in [6.07, 6.45) is 0. The molecule has 0 atom stereocenters. The number of halogens is 1. The van der Waals surface area contributed by atoms with E-state index in [4.69, 9.17) is 24.1 Å². The highest BCUT2D eigenvalue weighted by molar-refractivity contribution is 6.34. The van der Waals surface area contributed by atoms with E-state index in [1.807, 2.05) is 0 Å². The van der Waals surface area contributed by atoms with Crippen LogP contribution in [0.5, 0.6) is 5.75 Å². The minimum absolute atomic E-state index is 0.00253. The molecule has 0 unspecified atom stereocenters. The van der Waals surface area contributed by atoms with Crippen LogP contribution in [0.3, 0.4) is 0 Å². The highest BCUT2D eigenvalue weighted by Gasteiger charge is 2.00. The van der Waals surface area contributed by atoms with E-state index in [2.05, 4.69) is 4.99 Å². The van der Waals surface area contributed by atoms with Gasteiger partial charge < -0.3 is 16.2 Å². The molecule has 0 saturated heterocycles. The van der Waals surface area contributed by atoms with Crippen molar-refractivity contribution in [2.24, 2.45) is 16.5 Å². The standard InChI is InChI=1S/C10H13BFN3O/c11-8-5-7(6-15-10(13)14)1-2-9(8)16-4-3-12/h1-2,5H,3-4,6H2,(H4,13,14,15). The van der Waals surface area contributed by atoms with Crippen LogP contribution in [0.4, 0.5) is 4.39 Å². The Morgan fingerprint density at radius 1 is 1.44 bits per heavy atom. The fourth-order valence-corrected chi connectivity index (χ4v) is 1.16. The molecule has 84 valence electrons. The Morgan fingerprint density at radius 3 is 2.75 bits per heavy atom. The number of nitrogens with two attached hydrogens (primary N) is 2. The third-order valence-corrected chi connectivity index (χ3v) is 1.85. The number of alkyl halides is 1. The summed E-state index contributed by atoms with van der Waals surface area (Å²) >= 11 is 0. The van der Waals surface area contributed by atoms with E-state index in [0.29, 0.717) is 17.8 Å². The van der Waals surface area contributed by atoms with Gasteiger partial charge in [0.2, 0.25) is 0 Å². The third-order valence-electron chi connectivity index (χ3n) is 1.85. The van der Waals surface area contributed by atoms with Crippen LogP contribution in [0, 0.1) is 0 Å². The molecule has 0 saturated carbocycles. The molecule has 6 heteroatoms. The molecular formula is C10H13BFN3O. The number of hydrogen-bond donors (Lipinski definition) is 2. The Balaban J connectivity index is 2.70. The van der Waals surface area contributed by atoms with Gasteiger partial charge in [-0.25, -0.2) is 9.38 Å². The van der Waals surface area contributed by atoms with E-state index in [0.717, 1.165) is 5.56 Å². The Hall–Kier alpha value is -1.72. The molecule has 0 fully saturated rings. The van der Waals surface area contributed by atoms with Crippen LogP contribution in [-0.2, 0) is 6.54 Å². The summed E-state index contributed by atoms with van der Waals surface area (Å²) in [6, 6.07) is 5.14. The summed E-state index contributed by atoms with van der Waals surface area (Å²) in [4.78, 5) is 3.84. The van der Waals surface area contributed by atoms with Crippen molar-refractivity contribution in [3.63, 3.8) is 0 Å². The second kappa shape index (κ2) is 6.00. The number of nitrogens with zero attached hydrogens (tertiary/aromatic N) is 1. The van der Waals surface area contributed by atoms with Gasteiger partial charge in [-0.2, -0.15) is 0 Å². The van der Waals surface area contributed by atoms with E-state index in [1.54, 1.807) is 18.2 Å². The third kappa shape index (κ3) is 3.80. The first-order valence-corrected chi connectivity index (χ1v) is 4.76. The maximum absolute atomic E-state index is 11.9. The molecule has 4 N–H and O–H groups in total. The SMILES string of the molecule is [B]c1cc(CN=C(N)N)ccc1OCCF. The first kappa shape index (κ1) is 12.4. The predicted molar refractivity (Wildman–Crippen MR) is 62.8 cm³/mol. The van der Waals surface area contributed by atoms with Crippen LogP contribution in [0.25, 0.3) is 0 Å². The van der Waals surface area contributed by atoms with E-state index >= 15 is 0 Å². The topological polar surface area (TPSA) is 73.6 Å². The lowest BCUT2D eigenvalue weighted by Crippen LogP contribution is -2.22. The molecule has 4 nitrogen and oxygen atoms in total. The van der Waals surface area contributed by atoms with Gasteiger partial charge in [-0.05, 0) is 11.6 Å². The van der Waals surface area contributed by atoms with Crippen molar-refractivity contribution in [2.45, 2.75) is 6.54 Å². The molecule has 1 rings (SSSR count). The van der Waals surface area contributed by atoms with Crippen LogP contribution < -0.4 is 21.7 Å².